The number of hydrogen-bond donors (Lipinski definition) is 2. The van der Waals surface area contributed by atoms with Crippen LogP contribution in [0.1, 0.15) is 30.3 Å². The van der Waals surface area contributed by atoms with Crippen molar-refractivity contribution in [1.82, 2.24) is 4.98 Å². The Labute approximate surface area is 111 Å². The first-order valence-corrected chi connectivity index (χ1v) is 6.05. The molecule has 1 aromatic rings. The van der Waals surface area contributed by atoms with Gasteiger partial charge in [-0.25, -0.2) is 9.78 Å². The summed E-state index contributed by atoms with van der Waals surface area (Å²) in [5.74, 6) is -1.61. The number of aromatic nitrogens is 1. The summed E-state index contributed by atoms with van der Waals surface area (Å²) in [4.78, 5) is 25.8. The van der Waals surface area contributed by atoms with Crippen molar-refractivity contribution in [1.29, 1.82) is 0 Å². The molecule has 0 aliphatic carbocycles. The van der Waals surface area contributed by atoms with E-state index in [1.807, 2.05) is 0 Å². The average Bonchev–Trinajstić information content (AvgIpc) is 2.42. The van der Waals surface area contributed by atoms with Gasteiger partial charge in [0.05, 0.1) is 13.0 Å². The topological polar surface area (TPSA) is 88.5 Å². The lowest BCUT2D eigenvalue weighted by Crippen LogP contribution is -2.12. The van der Waals surface area contributed by atoms with Crippen LogP contribution in [0.25, 0.3) is 0 Å². The molecule has 0 radical (unpaired) electrons. The molecule has 0 fully saturated rings. The molecule has 19 heavy (non-hydrogen) atoms. The van der Waals surface area contributed by atoms with E-state index in [1.54, 1.807) is 19.1 Å². The number of pyridine rings is 1. The zero-order chi connectivity index (χ0) is 14.3. The first kappa shape index (κ1) is 14.9. The summed E-state index contributed by atoms with van der Waals surface area (Å²) >= 11 is 0. The molecule has 0 aliphatic heterocycles. The Balaban J connectivity index is 2.41. The summed E-state index contributed by atoms with van der Waals surface area (Å²) in [6.07, 6.45) is 2.87. The molecular formula is C13H18N2O4. The maximum Gasteiger partial charge on any atom is 0.356 e. The second kappa shape index (κ2) is 7.35. The van der Waals surface area contributed by atoms with E-state index >= 15 is 0 Å². The van der Waals surface area contributed by atoms with Crippen LogP contribution >= 0.6 is 0 Å². The van der Waals surface area contributed by atoms with Crippen LogP contribution in [0.5, 0.6) is 0 Å². The Hall–Kier alpha value is -2.11. The number of hydrogen-bond acceptors (Lipinski definition) is 5. The fourth-order valence-electron chi connectivity index (χ4n) is 1.52. The van der Waals surface area contributed by atoms with Crippen molar-refractivity contribution in [2.75, 3.05) is 19.0 Å². The van der Waals surface area contributed by atoms with Crippen LogP contribution in [0.15, 0.2) is 18.3 Å². The molecule has 0 aromatic carbocycles. The van der Waals surface area contributed by atoms with Crippen LogP contribution < -0.4 is 5.32 Å². The lowest BCUT2D eigenvalue weighted by Gasteiger charge is -2.09. The quantitative estimate of drug-likeness (QED) is 0.577. The molecule has 0 saturated heterocycles. The molecule has 1 aromatic heterocycles. The van der Waals surface area contributed by atoms with Gasteiger partial charge in [0, 0.05) is 18.4 Å². The summed E-state index contributed by atoms with van der Waals surface area (Å²) in [6, 6.07) is 3.35. The number of carbonyl (C=O) groups excluding carboxylic acids is 1. The highest BCUT2D eigenvalue weighted by Crippen LogP contribution is 2.10. The van der Waals surface area contributed by atoms with Crippen molar-refractivity contribution in [3.05, 3.63) is 24.0 Å². The fraction of sp³-hybridized carbons (Fsp3) is 0.462. The van der Waals surface area contributed by atoms with Crippen molar-refractivity contribution >= 4 is 17.6 Å². The average molecular weight is 266 g/mol. The van der Waals surface area contributed by atoms with Crippen LogP contribution in [0, 0.1) is 5.92 Å². The van der Waals surface area contributed by atoms with Gasteiger partial charge in [-0.1, -0.05) is 6.92 Å². The smallest absolute Gasteiger partial charge is 0.356 e. The maximum absolute atomic E-state index is 11.3. The summed E-state index contributed by atoms with van der Waals surface area (Å²) in [5, 5.41) is 11.9. The monoisotopic (exact) mass is 266 g/mol. The Bertz CT molecular complexity index is 448. The summed E-state index contributed by atoms with van der Waals surface area (Å²) in [5.41, 5.74) is 1.00. The fourth-order valence-corrected chi connectivity index (χ4v) is 1.52. The van der Waals surface area contributed by atoms with Crippen molar-refractivity contribution in [3.63, 3.8) is 0 Å². The number of carbonyl (C=O) groups is 2. The summed E-state index contributed by atoms with van der Waals surface area (Å²) in [6.45, 7) is 2.33. The van der Waals surface area contributed by atoms with Gasteiger partial charge in [-0.3, -0.25) is 4.79 Å². The molecule has 0 amide bonds. The van der Waals surface area contributed by atoms with Crippen molar-refractivity contribution in [3.8, 4) is 0 Å². The van der Waals surface area contributed by atoms with Gasteiger partial charge < -0.3 is 15.2 Å². The van der Waals surface area contributed by atoms with Crippen LogP contribution in [0.2, 0.25) is 0 Å². The number of aliphatic carboxylic acids is 1. The third-order valence-electron chi connectivity index (χ3n) is 2.72. The molecule has 104 valence electrons. The number of carboxylic acids is 1. The molecular weight excluding hydrogens is 248 g/mol. The number of esters is 1. The van der Waals surface area contributed by atoms with E-state index in [-0.39, 0.29) is 11.6 Å². The summed E-state index contributed by atoms with van der Waals surface area (Å²) < 4.78 is 4.58. The number of nitrogens with zero attached hydrogens (tertiary/aromatic N) is 1. The number of rotatable bonds is 7. The molecule has 1 atom stereocenters. The highest BCUT2D eigenvalue weighted by molar-refractivity contribution is 5.88. The molecule has 0 aliphatic rings. The minimum Gasteiger partial charge on any atom is -0.481 e. The van der Waals surface area contributed by atoms with Gasteiger partial charge in [-0.2, -0.15) is 0 Å². The zero-order valence-electron chi connectivity index (χ0n) is 11.0. The minimum absolute atomic E-state index is 0.242. The minimum atomic E-state index is -0.781. The number of ether oxygens (including phenoxy) is 1. The Kier molecular flexibility index (Phi) is 5.78. The number of carboxylic acid groups (broad SMARTS) is 1. The van der Waals surface area contributed by atoms with Crippen LogP contribution in [-0.2, 0) is 9.53 Å². The molecule has 6 nitrogen and oxygen atoms in total. The summed E-state index contributed by atoms with van der Waals surface area (Å²) in [7, 11) is 1.30. The van der Waals surface area contributed by atoms with Gasteiger partial charge in [0.2, 0.25) is 0 Å². The molecule has 0 spiro atoms. The van der Waals surface area contributed by atoms with Crippen LogP contribution in [-0.4, -0.2) is 35.7 Å². The van der Waals surface area contributed by atoms with E-state index in [2.05, 4.69) is 15.0 Å². The first-order chi connectivity index (χ1) is 9.04. The highest BCUT2D eigenvalue weighted by Gasteiger charge is 2.10. The molecule has 0 saturated carbocycles. The second-order valence-corrected chi connectivity index (χ2v) is 4.23. The van der Waals surface area contributed by atoms with Crippen LogP contribution in [0.4, 0.5) is 5.69 Å². The predicted octanol–water partition coefficient (Wildman–Crippen LogP) is 1.78. The molecule has 0 bridgehead atoms. The first-order valence-electron chi connectivity index (χ1n) is 6.05. The zero-order valence-corrected chi connectivity index (χ0v) is 11.0. The van der Waals surface area contributed by atoms with Crippen molar-refractivity contribution < 1.29 is 19.4 Å². The van der Waals surface area contributed by atoms with Gasteiger partial charge in [0.1, 0.15) is 5.69 Å². The lowest BCUT2D eigenvalue weighted by atomic mass is 10.1. The van der Waals surface area contributed by atoms with E-state index in [9.17, 15) is 9.59 Å². The van der Waals surface area contributed by atoms with Gasteiger partial charge in [0.15, 0.2) is 0 Å². The van der Waals surface area contributed by atoms with E-state index in [4.69, 9.17) is 5.11 Å². The third kappa shape index (κ3) is 4.95. The van der Waals surface area contributed by atoms with Crippen molar-refractivity contribution in [2.45, 2.75) is 19.8 Å². The lowest BCUT2D eigenvalue weighted by molar-refractivity contribution is -0.141. The molecule has 6 heteroatoms. The SMILES string of the molecule is COC(=O)c1cc(NCCCC(C)C(=O)O)ccn1. The Morgan fingerprint density at radius 3 is 2.89 bits per heavy atom. The van der Waals surface area contributed by atoms with Gasteiger partial charge in [0.25, 0.3) is 0 Å². The third-order valence-corrected chi connectivity index (χ3v) is 2.72. The normalized spacial score (nSPS) is 11.7. The molecule has 1 unspecified atom stereocenters. The Morgan fingerprint density at radius 1 is 1.53 bits per heavy atom. The maximum atomic E-state index is 11.3. The van der Waals surface area contributed by atoms with Gasteiger partial charge in [-0.05, 0) is 25.0 Å². The highest BCUT2D eigenvalue weighted by atomic mass is 16.5. The van der Waals surface area contributed by atoms with Crippen molar-refractivity contribution in [2.24, 2.45) is 5.92 Å². The Morgan fingerprint density at radius 2 is 2.26 bits per heavy atom. The standard InChI is InChI=1S/C13H18N2O4/c1-9(12(16)17)4-3-6-14-10-5-7-15-11(8-10)13(18)19-2/h5,7-9H,3-4,6H2,1-2H3,(H,14,15)(H,16,17). The molecule has 1 heterocycles. The largest absolute Gasteiger partial charge is 0.481 e. The van der Waals surface area contributed by atoms with E-state index < -0.39 is 11.9 Å². The van der Waals surface area contributed by atoms with E-state index in [0.29, 0.717) is 13.0 Å². The molecule has 2 N–H and O–H groups in total. The van der Waals surface area contributed by atoms with Gasteiger partial charge >= 0.3 is 11.9 Å². The second-order valence-electron chi connectivity index (χ2n) is 4.23. The molecule has 1 rings (SSSR count). The number of nitrogens with one attached hydrogen (secondary N) is 1. The van der Waals surface area contributed by atoms with E-state index in [0.717, 1.165) is 12.1 Å². The number of anilines is 1. The van der Waals surface area contributed by atoms with Gasteiger partial charge in [-0.15, -0.1) is 0 Å². The van der Waals surface area contributed by atoms with E-state index in [1.165, 1.54) is 13.3 Å². The number of methoxy groups -OCH3 is 1. The van der Waals surface area contributed by atoms with Crippen LogP contribution in [0.3, 0.4) is 0 Å². The predicted molar refractivity (Wildman–Crippen MR) is 70.1 cm³/mol.